The van der Waals surface area contributed by atoms with Crippen LogP contribution >= 0.6 is 0 Å². The van der Waals surface area contributed by atoms with Gasteiger partial charge in [0.05, 0.1) is 0 Å². The Hall–Kier alpha value is -2.10. The van der Waals surface area contributed by atoms with Gasteiger partial charge in [-0.15, -0.1) is 0 Å². The van der Waals surface area contributed by atoms with Crippen molar-refractivity contribution in [1.29, 1.82) is 0 Å². The van der Waals surface area contributed by atoms with Crippen LogP contribution in [-0.4, -0.2) is 5.11 Å². The van der Waals surface area contributed by atoms with E-state index in [1.54, 1.807) is 32.9 Å². The summed E-state index contributed by atoms with van der Waals surface area (Å²) in [5.74, 6) is -0.931. The SMILES string of the molecule is Cc1cc(CNc2c(F)ccc(C)c2F)cc(C)c1O. The van der Waals surface area contributed by atoms with E-state index >= 15 is 0 Å². The molecule has 0 fully saturated rings. The van der Waals surface area contributed by atoms with E-state index in [1.807, 2.05) is 0 Å². The number of phenolic OH excluding ortho intramolecular Hbond substituents is 1. The Labute approximate surface area is 117 Å². The van der Waals surface area contributed by atoms with Gasteiger partial charge in [-0.05, 0) is 49.1 Å². The molecule has 0 bridgehead atoms. The summed E-state index contributed by atoms with van der Waals surface area (Å²) < 4.78 is 27.5. The summed E-state index contributed by atoms with van der Waals surface area (Å²) in [6.07, 6.45) is 0. The van der Waals surface area contributed by atoms with E-state index < -0.39 is 11.6 Å². The highest BCUT2D eigenvalue weighted by molar-refractivity contribution is 5.50. The number of nitrogens with one attached hydrogen (secondary N) is 1. The highest BCUT2D eigenvalue weighted by atomic mass is 19.1. The first-order valence-corrected chi connectivity index (χ1v) is 6.37. The molecule has 2 rings (SSSR count). The molecule has 0 atom stereocenters. The van der Waals surface area contributed by atoms with E-state index in [4.69, 9.17) is 0 Å². The van der Waals surface area contributed by atoms with Crippen molar-refractivity contribution in [3.05, 3.63) is 58.2 Å². The van der Waals surface area contributed by atoms with Crippen LogP contribution in [0.5, 0.6) is 5.75 Å². The van der Waals surface area contributed by atoms with Gasteiger partial charge < -0.3 is 10.4 Å². The number of aryl methyl sites for hydroxylation is 3. The average molecular weight is 277 g/mol. The molecule has 2 nitrogen and oxygen atoms in total. The highest BCUT2D eigenvalue weighted by Gasteiger charge is 2.11. The molecule has 0 aliphatic rings. The maximum absolute atomic E-state index is 13.8. The number of anilines is 1. The van der Waals surface area contributed by atoms with Crippen molar-refractivity contribution in [3.63, 3.8) is 0 Å². The smallest absolute Gasteiger partial charge is 0.152 e. The molecule has 0 saturated heterocycles. The van der Waals surface area contributed by atoms with Crippen LogP contribution in [-0.2, 0) is 6.54 Å². The van der Waals surface area contributed by atoms with Crippen LogP contribution < -0.4 is 5.32 Å². The molecular weight excluding hydrogens is 260 g/mol. The molecule has 0 unspecified atom stereocenters. The highest BCUT2D eigenvalue weighted by Crippen LogP contribution is 2.25. The van der Waals surface area contributed by atoms with Crippen molar-refractivity contribution in [2.45, 2.75) is 27.3 Å². The normalized spacial score (nSPS) is 10.7. The molecular formula is C16H17F2NO. The third kappa shape index (κ3) is 2.74. The molecule has 0 radical (unpaired) electrons. The van der Waals surface area contributed by atoms with Crippen molar-refractivity contribution >= 4 is 5.69 Å². The van der Waals surface area contributed by atoms with Crippen molar-refractivity contribution < 1.29 is 13.9 Å². The second-order valence-corrected chi connectivity index (χ2v) is 4.99. The van der Waals surface area contributed by atoms with Crippen LogP contribution in [0.1, 0.15) is 22.3 Å². The Kier molecular flexibility index (Phi) is 3.93. The minimum atomic E-state index is -0.611. The Bertz CT molecular complexity index is 630. The first-order valence-electron chi connectivity index (χ1n) is 6.37. The van der Waals surface area contributed by atoms with Crippen molar-refractivity contribution in [1.82, 2.24) is 0 Å². The molecule has 20 heavy (non-hydrogen) atoms. The number of phenols is 1. The fraction of sp³-hybridized carbons (Fsp3) is 0.250. The first kappa shape index (κ1) is 14.3. The van der Waals surface area contributed by atoms with Crippen LogP contribution in [0.3, 0.4) is 0 Å². The molecule has 4 heteroatoms. The lowest BCUT2D eigenvalue weighted by molar-refractivity contribution is 0.466. The monoisotopic (exact) mass is 277 g/mol. The zero-order chi connectivity index (χ0) is 14.9. The fourth-order valence-corrected chi connectivity index (χ4v) is 2.16. The van der Waals surface area contributed by atoms with Crippen LogP contribution in [0.25, 0.3) is 0 Å². The first-order chi connectivity index (χ1) is 9.40. The molecule has 0 aliphatic carbocycles. The van der Waals surface area contributed by atoms with Crippen LogP contribution in [0.2, 0.25) is 0 Å². The van der Waals surface area contributed by atoms with E-state index in [9.17, 15) is 13.9 Å². The predicted octanol–water partition coefficient (Wildman–Crippen LogP) is 4.21. The lowest BCUT2D eigenvalue weighted by Gasteiger charge is -2.12. The molecule has 0 aliphatic heterocycles. The molecule has 0 amide bonds. The molecule has 0 spiro atoms. The number of halogens is 2. The van der Waals surface area contributed by atoms with Gasteiger partial charge in [0.15, 0.2) is 5.82 Å². The van der Waals surface area contributed by atoms with Crippen molar-refractivity contribution in [3.8, 4) is 5.75 Å². The van der Waals surface area contributed by atoms with Gasteiger partial charge in [0.2, 0.25) is 0 Å². The molecule has 0 aromatic heterocycles. The zero-order valence-corrected chi connectivity index (χ0v) is 11.7. The standard InChI is InChI=1S/C16H17F2NO/c1-9-4-5-13(17)15(14(9)18)19-8-12-6-10(2)16(20)11(3)7-12/h4-7,19-20H,8H2,1-3H3. The third-order valence-electron chi connectivity index (χ3n) is 3.30. The number of benzene rings is 2. The summed E-state index contributed by atoms with van der Waals surface area (Å²) >= 11 is 0. The lowest BCUT2D eigenvalue weighted by atomic mass is 10.1. The van der Waals surface area contributed by atoms with E-state index in [-0.39, 0.29) is 11.4 Å². The Morgan fingerprint density at radius 2 is 1.60 bits per heavy atom. The molecule has 0 saturated carbocycles. The van der Waals surface area contributed by atoms with Gasteiger partial charge >= 0.3 is 0 Å². The number of aromatic hydroxyl groups is 1. The lowest BCUT2D eigenvalue weighted by Crippen LogP contribution is -2.05. The van der Waals surface area contributed by atoms with Crippen LogP contribution in [0.15, 0.2) is 24.3 Å². The average Bonchev–Trinajstić information content (AvgIpc) is 2.40. The van der Waals surface area contributed by atoms with Crippen molar-refractivity contribution in [2.75, 3.05) is 5.32 Å². The van der Waals surface area contributed by atoms with E-state index in [0.717, 1.165) is 16.7 Å². The maximum Gasteiger partial charge on any atom is 0.152 e. The summed E-state index contributed by atoms with van der Waals surface area (Å²) in [6, 6.07) is 6.24. The van der Waals surface area contributed by atoms with Gasteiger partial charge in [0.1, 0.15) is 17.3 Å². The summed E-state index contributed by atoms with van der Waals surface area (Å²) in [6.45, 7) is 5.47. The topological polar surface area (TPSA) is 32.3 Å². The molecule has 2 aromatic rings. The Morgan fingerprint density at radius 3 is 2.20 bits per heavy atom. The molecule has 0 heterocycles. The van der Waals surface area contributed by atoms with Gasteiger partial charge in [0, 0.05) is 6.54 Å². The van der Waals surface area contributed by atoms with Crippen LogP contribution in [0.4, 0.5) is 14.5 Å². The zero-order valence-electron chi connectivity index (χ0n) is 11.7. The summed E-state index contributed by atoms with van der Waals surface area (Å²) in [5, 5.41) is 12.5. The van der Waals surface area contributed by atoms with Gasteiger partial charge in [-0.1, -0.05) is 18.2 Å². The number of hydrogen-bond acceptors (Lipinski definition) is 2. The molecule has 106 valence electrons. The van der Waals surface area contributed by atoms with E-state index in [2.05, 4.69) is 5.32 Å². The van der Waals surface area contributed by atoms with Gasteiger partial charge in [-0.3, -0.25) is 0 Å². The molecule has 2 N–H and O–H groups in total. The summed E-state index contributed by atoms with van der Waals surface area (Å²) in [5.41, 5.74) is 2.62. The second kappa shape index (κ2) is 5.49. The number of rotatable bonds is 3. The molecule has 2 aromatic carbocycles. The van der Waals surface area contributed by atoms with E-state index in [0.29, 0.717) is 12.1 Å². The maximum atomic E-state index is 13.8. The minimum absolute atomic E-state index is 0.117. The second-order valence-electron chi connectivity index (χ2n) is 4.99. The van der Waals surface area contributed by atoms with Crippen LogP contribution in [0, 0.1) is 32.4 Å². The largest absolute Gasteiger partial charge is 0.507 e. The predicted molar refractivity (Wildman–Crippen MR) is 76.0 cm³/mol. The number of hydrogen-bond donors (Lipinski definition) is 2. The summed E-state index contributed by atoms with van der Waals surface area (Å²) in [4.78, 5) is 0. The quantitative estimate of drug-likeness (QED) is 0.881. The summed E-state index contributed by atoms with van der Waals surface area (Å²) in [7, 11) is 0. The Balaban J connectivity index is 2.24. The minimum Gasteiger partial charge on any atom is -0.507 e. The van der Waals surface area contributed by atoms with Gasteiger partial charge in [-0.25, -0.2) is 8.78 Å². The van der Waals surface area contributed by atoms with Crippen molar-refractivity contribution in [2.24, 2.45) is 0 Å². The van der Waals surface area contributed by atoms with E-state index in [1.165, 1.54) is 12.1 Å². The van der Waals surface area contributed by atoms with Gasteiger partial charge in [-0.2, -0.15) is 0 Å². The van der Waals surface area contributed by atoms with Gasteiger partial charge in [0.25, 0.3) is 0 Å². The fourth-order valence-electron chi connectivity index (χ4n) is 2.16. The Morgan fingerprint density at radius 1 is 1.00 bits per heavy atom. The third-order valence-corrected chi connectivity index (χ3v) is 3.30.